The van der Waals surface area contributed by atoms with Crippen LogP contribution >= 0.6 is 0 Å². The molecular formula is C14H19N5O. The summed E-state index contributed by atoms with van der Waals surface area (Å²) >= 11 is 0. The van der Waals surface area contributed by atoms with E-state index >= 15 is 0 Å². The summed E-state index contributed by atoms with van der Waals surface area (Å²) in [4.78, 5) is 16.1. The van der Waals surface area contributed by atoms with Gasteiger partial charge in [0.2, 0.25) is 5.91 Å². The molecule has 106 valence electrons. The highest BCUT2D eigenvalue weighted by molar-refractivity contribution is 5.78. The summed E-state index contributed by atoms with van der Waals surface area (Å²) in [5, 5.41) is 7.13. The van der Waals surface area contributed by atoms with Gasteiger partial charge < -0.3 is 11.1 Å². The Morgan fingerprint density at radius 1 is 1.45 bits per heavy atom. The molecule has 0 fully saturated rings. The molecule has 1 atom stereocenters. The summed E-state index contributed by atoms with van der Waals surface area (Å²) in [7, 11) is 1.88. The maximum Gasteiger partial charge on any atom is 0.226 e. The Balaban J connectivity index is 1.97. The van der Waals surface area contributed by atoms with Crippen molar-refractivity contribution in [3.63, 3.8) is 0 Å². The predicted octanol–water partition coefficient (Wildman–Crippen LogP) is 1.13. The molecule has 0 aromatic carbocycles. The molecule has 6 heteroatoms. The van der Waals surface area contributed by atoms with E-state index in [4.69, 9.17) is 5.73 Å². The van der Waals surface area contributed by atoms with E-state index in [1.165, 1.54) is 0 Å². The monoisotopic (exact) mass is 273 g/mol. The lowest BCUT2D eigenvalue weighted by atomic mass is 10.1. The van der Waals surface area contributed by atoms with Crippen molar-refractivity contribution < 1.29 is 4.79 Å². The number of nitrogens with two attached hydrogens (primary N) is 1. The van der Waals surface area contributed by atoms with Crippen molar-refractivity contribution in [3.8, 4) is 0 Å². The summed E-state index contributed by atoms with van der Waals surface area (Å²) in [6.07, 6.45) is 3.57. The largest absolute Gasteiger partial charge is 0.397 e. The highest BCUT2D eigenvalue weighted by Crippen LogP contribution is 2.16. The van der Waals surface area contributed by atoms with Gasteiger partial charge in [0.15, 0.2) is 0 Å². The van der Waals surface area contributed by atoms with Gasteiger partial charge in [-0.1, -0.05) is 0 Å². The van der Waals surface area contributed by atoms with Crippen LogP contribution in [0.1, 0.15) is 29.9 Å². The third-order valence-corrected chi connectivity index (χ3v) is 3.31. The van der Waals surface area contributed by atoms with E-state index in [1.54, 1.807) is 29.2 Å². The van der Waals surface area contributed by atoms with Crippen molar-refractivity contribution in [3.05, 3.63) is 41.5 Å². The van der Waals surface area contributed by atoms with Crippen molar-refractivity contribution in [1.82, 2.24) is 20.1 Å². The lowest BCUT2D eigenvalue weighted by molar-refractivity contribution is -0.121. The molecule has 2 aromatic rings. The van der Waals surface area contributed by atoms with Crippen molar-refractivity contribution in [2.75, 3.05) is 5.73 Å². The first-order valence-corrected chi connectivity index (χ1v) is 6.45. The minimum atomic E-state index is -0.0787. The SMILES string of the molecule is Cc1c(C(C)NC(=O)Cc2ccc(N)cn2)cnn1C. The van der Waals surface area contributed by atoms with Crippen LogP contribution in [0.5, 0.6) is 0 Å². The lowest BCUT2D eigenvalue weighted by Gasteiger charge is -2.13. The zero-order chi connectivity index (χ0) is 14.7. The number of rotatable bonds is 4. The maximum absolute atomic E-state index is 12.0. The second kappa shape index (κ2) is 5.73. The van der Waals surface area contributed by atoms with E-state index in [-0.39, 0.29) is 18.4 Å². The number of nitrogens with zero attached hydrogens (tertiary/aromatic N) is 3. The van der Waals surface area contributed by atoms with Crippen LogP contribution in [0, 0.1) is 6.92 Å². The smallest absolute Gasteiger partial charge is 0.226 e. The molecule has 3 N–H and O–H groups in total. The average Bonchev–Trinajstić information content (AvgIpc) is 2.73. The molecule has 0 aliphatic heterocycles. The molecule has 0 spiro atoms. The maximum atomic E-state index is 12.0. The zero-order valence-corrected chi connectivity index (χ0v) is 11.9. The molecule has 2 heterocycles. The lowest BCUT2D eigenvalue weighted by Crippen LogP contribution is -2.28. The fourth-order valence-corrected chi connectivity index (χ4v) is 2.02. The van der Waals surface area contributed by atoms with Crippen molar-refractivity contribution in [2.45, 2.75) is 26.3 Å². The van der Waals surface area contributed by atoms with Crippen molar-refractivity contribution in [1.29, 1.82) is 0 Å². The molecular weight excluding hydrogens is 254 g/mol. The van der Waals surface area contributed by atoms with Gasteiger partial charge in [0.1, 0.15) is 0 Å². The normalized spacial score (nSPS) is 12.2. The third kappa shape index (κ3) is 3.14. The van der Waals surface area contributed by atoms with Gasteiger partial charge in [-0.3, -0.25) is 14.5 Å². The van der Waals surface area contributed by atoms with Crippen LogP contribution in [-0.4, -0.2) is 20.7 Å². The number of aromatic nitrogens is 3. The first-order valence-electron chi connectivity index (χ1n) is 6.45. The number of aryl methyl sites for hydroxylation is 1. The first-order chi connectivity index (χ1) is 9.47. The topological polar surface area (TPSA) is 85.8 Å². The Hall–Kier alpha value is -2.37. The first kappa shape index (κ1) is 14.0. The predicted molar refractivity (Wildman–Crippen MR) is 76.9 cm³/mol. The third-order valence-electron chi connectivity index (χ3n) is 3.31. The molecule has 6 nitrogen and oxygen atoms in total. The molecule has 0 aliphatic carbocycles. The summed E-state index contributed by atoms with van der Waals surface area (Å²) < 4.78 is 1.79. The Kier molecular flexibility index (Phi) is 4.02. The molecule has 2 rings (SSSR count). The van der Waals surface area contributed by atoms with Gasteiger partial charge in [0, 0.05) is 24.0 Å². The number of amides is 1. The minimum absolute atomic E-state index is 0.0713. The second-order valence-electron chi connectivity index (χ2n) is 4.86. The van der Waals surface area contributed by atoms with Gasteiger partial charge in [-0.05, 0) is 26.0 Å². The number of nitrogens with one attached hydrogen (secondary N) is 1. The van der Waals surface area contributed by atoms with Crippen molar-refractivity contribution >= 4 is 11.6 Å². The number of carbonyl (C=O) groups is 1. The number of carbonyl (C=O) groups excluding carboxylic acids is 1. The zero-order valence-electron chi connectivity index (χ0n) is 11.9. The Morgan fingerprint density at radius 3 is 2.75 bits per heavy atom. The molecule has 0 saturated heterocycles. The van der Waals surface area contributed by atoms with E-state index in [1.807, 2.05) is 20.9 Å². The van der Waals surface area contributed by atoms with E-state index in [0.717, 1.165) is 11.3 Å². The Labute approximate surface area is 118 Å². The van der Waals surface area contributed by atoms with Crippen LogP contribution in [0.2, 0.25) is 0 Å². The highest BCUT2D eigenvalue weighted by Gasteiger charge is 2.14. The van der Waals surface area contributed by atoms with E-state index < -0.39 is 0 Å². The molecule has 20 heavy (non-hydrogen) atoms. The molecule has 1 unspecified atom stereocenters. The molecule has 0 aliphatic rings. The van der Waals surface area contributed by atoms with Gasteiger partial charge in [0.05, 0.1) is 30.5 Å². The molecule has 0 saturated carbocycles. The van der Waals surface area contributed by atoms with E-state index in [9.17, 15) is 4.79 Å². The second-order valence-corrected chi connectivity index (χ2v) is 4.86. The molecule has 1 amide bonds. The molecule has 2 aromatic heterocycles. The number of hydrogen-bond acceptors (Lipinski definition) is 4. The summed E-state index contributed by atoms with van der Waals surface area (Å²) in [5.41, 5.74) is 8.92. The quantitative estimate of drug-likeness (QED) is 0.874. The number of hydrogen-bond donors (Lipinski definition) is 2. The number of nitrogen functional groups attached to an aromatic ring is 1. The fraction of sp³-hybridized carbons (Fsp3) is 0.357. The van der Waals surface area contributed by atoms with Crippen molar-refractivity contribution in [2.24, 2.45) is 7.05 Å². The van der Waals surface area contributed by atoms with Crippen LogP contribution in [0.15, 0.2) is 24.5 Å². The van der Waals surface area contributed by atoms with Crippen LogP contribution < -0.4 is 11.1 Å². The molecule has 0 radical (unpaired) electrons. The Bertz CT molecular complexity index is 603. The number of pyridine rings is 1. The summed E-state index contributed by atoms with van der Waals surface area (Å²) in [5.74, 6) is -0.0713. The minimum Gasteiger partial charge on any atom is -0.397 e. The average molecular weight is 273 g/mol. The standard InChI is InChI=1S/C14H19N5O/c1-9(13-8-17-19(3)10(13)2)18-14(20)6-12-5-4-11(15)7-16-12/h4-5,7-9H,6,15H2,1-3H3,(H,18,20). The summed E-state index contributed by atoms with van der Waals surface area (Å²) in [6, 6.07) is 3.42. The van der Waals surface area contributed by atoms with E-state index in [2.05, 4.69) is 15.4 Å². The fourth-order valence-electron chi connectivity index (χ4n) is 2.02. The number of anilines is 1. The van der Waals surface area contributed by atoms with Gasteiger partial charge in [-0.15, -0.1) is 0 Å². The van der Waals surface area contributed by atoms with E-state index in [0.29, 0.717) is 11.4 Å². The van der Waals surface area contributed by atoms with Gasteiger partial charge in [-0.25, -0.2) is 0 Å². The van der Waals surface area contributed by atoms with Crippen LogP contribution in [0.4, 0.5) is 5.69 Å². The Morgan fingerprint density at radius 2 is 2.20 bits per heavy atom. The van der Waals surface area contributed by atoms with Gasteiger partial charge in [-0.2, -0.15) is 5.10 Å². The summed E-state index contributed by atoms with van der Waals surface area (Å²) in [6.45, 7) is 3.92. The van der Waals surface area contributed by atoms with Gasteiger partial charge >= 0.3 is 0 Å². The van der Waals surface area contributed by atoms with Crippen LogP contribution in [-0.2, 0) is 18.3 Å². The highest BCUT2D eigenvalue weighted by atomic mass is 16.1. The van der Waals surface area contributed by atoms with Crippen LogP contribution in [0.3, 0.4) is 0 Å². The van der Waals surface area contributed by atoms with Crippen LogP contribution in [0.25, 0.3) is 0 Å². The molecule has 0 bridgehead atoms. The van der Waals surface area contributed by atoms with Gasteiger partial charge in [0.25, 0.3) is 0 Å².